The van der Waals surface area contributed by atoms with Gasteiger partial charge in [-0.1, -0.05) is 39.9 Å². The number of nitrogens with zero attached hydrogens (tertiary/aromatic N) is 4. The number of β-lactam (4-membered cyclic amide) rings is 1. The second kappa shape index (κ2) is 9.48. The first-order chi connectivity index (χ1) is 16.2. The third-order valence-corrected chi connectivity index (χ3v) is 7.43. The van der Waals surface area contributed by atoms with E-state index in [1.807, 2.05) is 0 Å². The highest BCUT2D eigenvalue weighted by atomic mass is 35.5. The predicted molar refractivity (Wildman–Crippen MR) is 126 cm³/mol. The van der Waals surface area contributed by atoms with E-state index in [0.29, 0.717) is 22.6 Å². The molecule has 1 fully saturated rings. The Balaban J connectivity index is 1.56. The minimum absolute atomic E-state index is 0.0228. The molecule has 2 aromatic rings. The molecule has 2 aliphatic heterocycles. The number of carboxylic acids is 1. The maximum absolute atomic E-state index is 12.9. The first-order valence-electron chi connectivity index (χ1n) is 9.75. The fourth-order valence-corrected chi connectivity index (χ4v) is 5.71. The smallest absolute Gasteiger partial charge is 0.353 e. The minimum atomic E-state index is -1.25. The van der Waals surface area contributed by atoms with Crippen molar-refractivity contribution in [3.63, 3.8) is 0 Å². The van der Waals surface area contributed by atoms with Gasteiger partial charge in [-0.15, -0.1) is 0 Å². The molecule has 0 aliphatic carbocycles. The Morgan fingerprint density at radius 3 is 2.82 bits per heavy atom. The number of halogens is 1. The zero-order chi connectivity index (χ0) is 24.6. The van der Waals surface area contributed by atoms with E-state index in [4.69, 9.17) is 27.9 Å². The van der Waals surface area contributed by atoms with Crippen LogP contribution in [0.25, 0.3) is 0 Å². The Labute approximate surface area is 206 Å². The Bertz CT molecular complexity index is 1250. The topological polar surface area (TPSA) is 186 Å². The highest BCUT2D eigenvalue weighted by molar-refractivity contribution is 8.03. The largest absolute Gasteiger partial charge is 0.477 e. The van der Waals surface area contributed by atoms with Crippen molar-refractivity contribution in [3.8, 4) is 0 Å². The normalized spacial score (nSPS) is 20.0. The molecule has 2 aliphatic rings. The molecule has 4 heterocycles. The number of aromatic nitrogens is 2. The van der Waals surface area contributed by atoms with Gasteiger partial charge in [-0.3, -0.25) is 14.5 Å². The maximum atomic E-state index is 12.9. The van der Waals surface area contributed by atoms with E-state index in [9.17, 15) is 19.5 Å². The summed E-state index contributed by atoms with van der Waals surface area (Å²) in [6, 6.07) is 1.92. The lowest BCUT2D eigenvalue weighted by Crippen LogP contribution is -2.72. The second-order valence-corrected chi connectivity index (χ2v) is 9.90. The van der Waals surface area contributed by atoms with Crippen LogP contribution >= 0.6 is 34.7 Å². The second-order valence-electron chi connectivity index (χ2n) is 7.13. The molecule has 0 saturated carbocycles. The number of oxime groups is 1. The first kappa shape index (κ1) is 23.8. The predicted octanol–water partition coefficient (Wildman–Crippen LogP) is 1.28. The monoisotopic (exact) mass is 523 g/mol. The number of hydrogen-bond donors (Lipinski definition) is 4. The molecule has 4 rings (SSSR count). The Kier molecular flexibility index (Phi) is 6.63. The molecule has 2 amide bonds. The number of thiazole rings is 1. The zero-order valence-electron chi connectivity index (χ0n) is 17.5. The van der Waals surface area contributed by atoms with Crippen molar-refractivity contribution in [2.45, 2.75) is 29.8 Å². The Hall–Kier alpha value is -3.36. The molecule has 0 spiro atoms. The fraction of sp³-hybridized carbons (Fsp3) is 0.263. The van der Waals surface area contributed by atoms with Gasteiger partial charge in [0.1, 0.15) is 34.7 Å². The molecule has 34 heavy (non-hydrogen) atoms. The molecule has 0 unspecified atom stereocenters. The average Bonchev–Trinajstić information content (AvgIpc) is 3.13. The number of pyridine rings is 1. The van der Waals surface area contributed by atoms with Crippen molar-refractivity contribution >= 4 is 69.1 Å². The van der Waals surface area contributed by atoms with E-state index >= 15 is 0 Å². The highest BCUT2D eigenvalue weighted by Gasteiger charge is 2.54. The average molecular weight is 524 g/mol. The lowest BCUT2D eigenvalue weighted by atomic mass is 9.86. The number of fused-ring (bicyclic) bond motifs is 1. The van der Waals surface area contributed by atoms with Gasteiger partial charge < -0.3 is 26.7 Å². The number of nitrogens with one attached hydrogen (secondary N) is 1. The summed E-state index contributed by atoms with van der Waals surface area (Å²) < 4.78 is 0.134. The molecule has 2 aromatic heterocycles. The highest BCUT2D eigenvalue weighted by Crippen LogP contribution is 2.44. The van der Waals surface area contributed by atoms with E-state index in [-0.39, 0.29) is 32.4 Å². The van der Waals surface area contributed by atoms with Crippen LogP contribution < -0.4 is 16.8 Å². The molecule has 0 aromatic carbocycles. The lowest BCUT2D eigenvalue weighted by Gasteiger charge is -2.50. The number of allylic oxidation sites excluding steroid dienone is 1. The van der Waals surface area contributed by atoms with Gasteiger partial charge in [-0.05, 0) is 25.0 Å². The van der Waals surface area contributed by atoms with Gasteiger partial charge in [0.2, 0.25) is 0 Å². The number of carbonyl (C=O) groups is 3. The van der Waals surface area contributed by atoms with Gasteiger partial charge >= 0.3 is 5.97 Å². The lowest BCUT2D eigenvalue weighted by molar-refractivity contribution is -0.155. The number of carboxylic acid groups (broad SMARTS) is 1. The summed E-state index contributed by atoms with van der Waals surface area (Å²) in [6.07, 6.45) is 2.33. The van der Waals surface area contributed by atoms with Crippen LogP contribution in [0.3, 0.4) is 0 Å². The maximum Gasteiger partial charge on any atom is 0.353 e. The number of anilines is 2. The van der Waals surface area contributed by atoms with Crippen molar-refractivity contribution < 1.29 is 24.3 Å². The molecule has 2 atom stereocenters. The molecular weight excluding hydrogens is 506 g/mol. The van der Waals surface area contributed by atoms with Crippen LogP contribution in [0.15, 0.2) is 39.0 Å². The van der Waals surface area contributed by atoms with Crippen LogP contribution in [0.1, 0.15) is 18.5 Å². The molecule has 15 heteroatoms. The number of nitrogen functional groups attached to an aromatic ring is 2. The quantitative estimate of drug-likeness (QED) is 0.234. The number of hydrogen-bond acceptors (Lipinski definition) is 11. The number of carbonyl (C=O) groups excluding carboxylic acids is 2. The van der Waals surface area contributed by atoms with Gasteiger partial charge in [0.05, 0.1) is 10.9 Å². The van der Waals surface area contributed by atoms with E-state index in [0.717, 1.165) is 23.1 Å². The van der Waals surface area contributed by atoms with Crippen LogP contribution in [-0.2, 0) is 19.2 Å². The van der Waals surface area contributed by atoms with Gasteiger partial charge in [-0.2, -0.15) is 0 Å². The number of rotatable bonds is 7. The molecule has 6 N–H and O–H groups in total. The first-order valence-corrected chi connectivity index (χ1v) is 11.8. The van der Waals surface area contributed by atoms with Crippen LogP contribution in [0, 0.1) is 0 Å². The number of aliphatic carboxylic acids is 1. The van der Waals surface area contributed by atoms with E-state index < -0.39 is 29.9 Å². The molecule has 0 bridgehead atoms. The third-order valence-electron chi connectivity index (χ3n) is 5.14. The van der Waals surface area contributed by atoms with Gasteiger partial charge in [0.25, 0.3) is 11.8 Å². The summed E-state index contributed by atoms with van der Waals surface area (Å²) >= 11 is 8.20. The summed E-state index contributed by atoms with van der Waals surface area (Å²) in [7, 11) is 1.24. The summed E-state index contributed by atoms with van der Waals surface area (Å²) in [5.41, 5.74) is 11.2. The number of amides is 2. The van der Waals surface area contributed by atoms with E-state index in [2.05, 4.69) is 20.4 Å². The molecule has 178 valence electrons. The SMILES string of the molecule is CO/N=C(\C(=O)N[C@@H]1C(=O)N2C(C(=O)O)=C(Sc3cccnc3N)CC[C@H]12)c1nc(N)sc1Cl. The summed E-state index contributed by atoms with van der Waals surface area (Å²) in [5.74, 6) is -2.30. The Morgan fingerprint density at radius 1 is 1.44 bits per heavy atom. The molecule has 0 radical (unpaired) electrons. The van der Waals surface area contributed by atoms with Gasteiger partial charge in [0.15, 0.2) is 10.8 Å². The Morgan fingerprint density at radius 2 is 2.21 bits per heavy atom. The van der Waals surface area contributed by atoms with Crippen LogP contribution in [0.5, 0.6) is 0 Å². The standard InChI is InChI=1S/C19H18ClN7O5S2/c1-32-26-12(11-14(20)34-19(22)25-11)16(28)24-10-7-4-5-8(13(18(30)31)27(7)17(10)29)33-9-3-2-6-23-15(9)21/h2-3,6-7,10H,4-5H2,1H3,(H2,21,23)(H2,22,25)(H,24,28)(H,30,31)/b26-12-/t7-,10+/m1/s1. The van der Waals surface area contributed by atoms with Crippen molar-refractivity contribution in [2.75, 3.05) is 18.6 Å². The zero-order valence-corrected chi connectivity index (χ0v) is 19.9. The molecule has 1 saturated heterocycles. The van der Waals surface area contributed by atoms with Crippen molar-refractivity contribution in [3.05, 3.63) is 39.0 Å². The fourth-order valence-electron chi connectivity index (χ4n) is 3.71. The van der Waals surface area contributed by atoms with Crippen LogP contribution in [-0.4, -0.2) is 62.7 Å². The minimum Gasteiger partial charge on any atom is -0.477 e. The van der Waals surface area contributed by atoms with Gasteiger partial charge in [0, 0.05) is 11.1 Å². The van der Waals surface area contributed by atoms with Crippen LogP contribution in [0.2, 0.25) is 4.34 Å². The third kappa shape index (κ3) is 4.26. The molecule has 12 nitrogen and oxygen atoms in total. The summed E-state index contributed by atoms with van der Waals surface area (Å²) in [5, 5.41) is 16.2. The van der Waals surface area contributed by atoms with E-state index in [1.54, 1.807) is 12.1 Å². The van der Waals surface area contributed by atoms with Gasteiger partial charge in [-0.25, -0.2) is 14.8 Å². The van der Waals surface area contributed by atoms with Crippen molar-refractivity contribution in [1.29, 1.82) is 0 Å². The number of nitrogens with two attached hydrogens (primary N) is 2. The van der Waals surface area contributed by atoms with Crippen molar-refractivity contribution in [1.82, 2.24) is 20.2 Å². The molecular formula is C19H18ClN7O5S2. The number of thioether (sulfide) groups is 1. The van der Waals surface area contributed by atoms with Crippen LogP contribution in [0.4, 0.5) is 10.9 Å². The van der Waals surface area contributed by atoms with E-state index in [1.165, 1.54) is 18.2 Å². The van der Waals surface area contributed by atoms with Crippen molar-refractivity contribution in [2.24, 2.45) is 5.16 Å². The summed E-state index contributed by atoms with van der Waals surface area (Å²) in [6.45, 7) is 0. The summed E-state index contributed by atoms with van der Waals surface area (Å²) in [4.78, 5) is 52.9.